The Morgan fingerprint density at radius 1 is 0.460 bits per heavy atom. The van der Waals surface area contributed by atoms with E-state index in [0.29, 0.717) is 0 Å². The van der Waals surface area contributed by atoms with Crippen molar-refractivity contribution in [3.8, 4) is 56.2 Å². The fourth-order valence-electron chi connectivity index (χ4n) is 7.97. The Morgan fingerprint density at radius 3 is 1.96 bits per heavy atom. The van der Waals surface area contributed by atoms with E-state index in [1.54, 1.807) is 0 Å². The summed E-state index contributed by atoms with van der Waals surface area (Å²) in [7, 11) is 0. The van der Waals surface area contributed by atoms with Gasteiger partial charge in [-0.2, -0.15) is 0 Å². The van der Waals surface area contributed by atoms with Gasteiger partial charge in [-0.3, -0.25) is 0 Å². The molecule has 0 spiro atoms. The van der Waals surface area contributed by atoms with Crippen molar-refractivity contribution in [2.75, 3.05) is 0 Å². The summed E-state index contributed by atoms with van der Waals surface area (Å²) < 4.78 is 2.63. The van der Waals surface area contributed by atoms with E-state index >= 15 is 0 Å². The highest BCUT2D eigenvalue weighted by Gasteiger charge is 2.37. The largest absolute Gasteiger partial charge is 0.228 e. The van der Waals surface area contributed by atoms with Gasteiger partial charge in [-0.1, -0.05) is 141 Å². The highest BCUT2D eigenvalue weighted by Crippen LogP contribution is 2.53. The molecule has 0 atom stereocenters. The third kappa shape index (κ3) is 4.47. The van der Waals surface area contributed by atoms with E-state index < -0.39 is 0 Å². The molecule has 0 aliphatic heterocycles. The predicted octanol–water partition coefficient (Wildman–Crippen LogP) is 13.0. The average molecular weight is 657 g/mol. The van der Waals surface area contributed by atoms with Crippen molar-refractivity contribution in [3.63, 3.8) is 0 Å². The summed E-state index contributed by atoms with van der Waals surface area (Å²) in [5.74, 6) is 0.727. The summed E-state index contributed by atoms with van der Waals surface area (Å²) >= 11 is 1.86. The van der Waals surface area contributed by atoms with Crippen molar-refractivity contribution in [1.29, 1.82) is 0 Å². The van der Waals surface area contributed by atoms with Crippen LogP contribution in [0.15, 0.2) is 158 Å². The summed E-state index contributed by atoms with van der Waals surface area (Å²) in [4.78, 5) is 10.5. The maximum atomic E-state index is 5.27. The first kappa shape index (κ1) is 29.1. The second kappa shape index (κ2) is 11.1. The first-order valence-electron chi connectivity index (χ1n) is 17.2. The van der Waals surface area contributed by atoms with Crippen LogP contribution in [-0.4, -0.2) is 9.97 Å². The normalized spacial score (nSPS) is 13.2. The van der Waals surface area contributed by atoms with Crippen molar-refractivity contribution in [1.82, 2.24) is 9.97 Å². The predicted molar refractivity (Wildman–Crippen MR) is 212 cm³/mol. The quantitative estimate of drug-likeness (QED) is 0.188. The van der Waals surface area contributed by atoms with Gasteiger partial charge >= 0.3 is 0 Å². The van der Waals surface area contributed by atoms with E-state index in [2.05, 4.69) is 166 Å². The lowest BCUT2D eigenvalue weighted by atomic mass is 9.81. The standard InChI is InChI=1S/C47H32N2S/c1-47(2)38-19-10-18-35(44(38)37-26-32-14-6-7-15-33(32)27-39(37)47)41-28-40(48-46(49-41)31-12-4-3-5-13-31)30-24-22-29(23-25-30)34-17-11-21-43-45(34)36-16-8-9-20-42(36)50-43/h3-28H,1-2H3. The number of hydrogen-bond acceptors (Lipinski definition) is 3. The van der Waals surface area contributed by atoms with Crippen LogP contribution in [0.2, 0.25) is 0 Å². The smallest absolute Gasteiger partial charge is 0.160 e. The Bertz CT molecular complexity index is 2770. The minimum atomic E-state index is -0.130. The van der Waals surface area contributed by atoms with Crippen LogP contribution in [0.3, 0.4) is 0 Å². The lowest BCUT2D eigenvalue weighted by molar-refractivity contribution is 0.661. The molecule has 0 fully saturated rings. The molecule has 0 N–H and O–H groups in total. The van der Waals surface area contributed by atoms with Gasteiger partial charge in [0.05, 0.1) is 11.4 Å². The molecule has 2 nitrogen and oxygen atoms in total. The zero-order chi connectivity index (χ0) is 33.4. The topological polar surface area (TPSA) is 25.8 Å². The van der Waals surface area contributed by atoms with E-state index in [4.69, 9.17) is 9.97 Å². The highest BCUT2D eigenvalue weighted by molar-refractivity contribution is 7.25. The van der Waals surface area contributed by atoms with Gasteiger partial charge in [0.2, 0.25) is 0 Å². The van der Waals surface area contributed by atoms with Crippen molar-refractivity contribution < 1.29 is 0 Å². The molecule has 50 heavy (non-hydrogen) atoms. The molecule has 2 aromatic heterocycles. The Balaban J connectivity index is 1.14. The van der Waals surface area contributed by atoms with Gasteiger partial charge in [0.1, 0.15) is 0 Å². The van der Waals surface area contributed by atoms with Crippen molar-refractivity contribution in [2.45, 2.75) is 19.3 Å². The maximum Gasteiger partial charge on any atom is 0.160 e. The molecule has 3 heteroatoms. The fourth-order valence-corrected chi connectivity index (χ4v) is 9.10. The average Bonchev–Trinajstić information content (AvgIpc) is 3.66. The van der Waals surface area contributed by atoms with Crippen LogP contribution < -0.4 is 0 Å². The van der Waals surface area contributed by atoms with Gasteiger partial charge in [-0.15, -0.1) is 11.3 Å². The lowest BCUT2D eigenvalue weighted by Gasteiger charge is -2.22. The van der Waals surface area contributed by atoms with Gasteiger partial charge in [-0.25, -0.2) is 9.97 Å². The molecule has 10 rings (SSSR count). The molecule has 2 heterocycles. The van der Waals surface area contributed by atoms with E-state index in [-0.39, 0.29) is 5.41 Å². The Morgan fingerprint density at radius 2 is 1.12 bits per heavy atom. The molecule has 0 bridgehead atoms. The van der Waals surface area contributed by atoms with Crippen LogP contribution in [0, 0.1) is 0 Å². The van der Waals surface area contributed by atoms with Crippen molar-refractivity contribution in [3.05, 3.63) is 169 Å². The van der Waals surface area contributed by atoms with E-state index in [1.807, 2.05) is 17.4 Å². The number of benzene rings is 7. The summed E-state index contributed by atoms with van der Waals surface area (Å²) in [5, 5.41) is 5.17. The summed E-state index contributed by atoms with van der Waals surface area (Å²) in [5.41, 5.74) is 12.6. The Kier molecular flexibility index (Phi) is 6.43. The molecule has 236 valence electrons. The number of thiophene rings is 1. The monoisotopic (exact) mass is 656 g/mol. The van der Waals surface area contributed by atoms with Gasteiger partial charge in [0.25, 0.3) is 0 Å². The van der Waals surface area contributed by atoms with E-state index in [1.165, 1.54) is 64.3 Å². The molecule has 9 aromatic rings. The first-order chi connectivity index (χ1) is 24.5. The zero-order valence-electron chi connectivity index (χ0n) is 27.8. The summed E-state index contributed by atoms with van der Waals surface area (Å²) in [6, 6.07) is 56.9. The molecule has 1 aliphatic rings. The Hall–Kier alpha value is -5.90. The van der Waals surface area contributed by atoms with Crippen LogP contribution in [0.25, 0.3) is 87.1 Å². The number of nitrogens with zero attached hydrogens (tertiary/aromatic N) is 2. The SMILES string of the molecule is CC1(C)c2cc3ccccc3cc2-c2c(-c3cc(-c4ccc(-c5cccc6sc7ccccc7c56)cc4)nc(-c4ccccc4)n3)cccc21. The van der Waals surface area contributed by atoms with E-state index in [0.717, 1.165) is 33.9 Å². The molecule has 0 saturated heterocycles. The molecule has 0 unspecified atom stereocenters. The molecule has 0 saturated carbocycles. The van der Waals surface area contributed by atoms with Crippen LogP contribution in [0.5, 0.6) is 0 Å². The van der Waals surface area contributed by atoms with Crippen molar-refractivity contribution >= 4 is 42.3 Å². The Labute approximate surface area is 295 Å². The third-order valence-electron chi connectivity index (χ3n) is 10.5. The summed E-state index contributed by atoms with van der Waals surface area (Å²) in [6.45, 7) is 4.69. The summed E-state index contributed by atoms with van der Waals surface area (Å²) in [6.07, 6.45) is 0. The molecule has 0 radical (unpaired) electrons. The number of hydrogen-bond donors (Lipinski definition) is 0. The van der Waals surface area contributed by atoms with Gasteiger partial charge in [0.15, 0.2) is 5.82 Å². The van der Waals surface area contributed by atoms with Gasteiger partial charge < -0.3 is 0 Å². The van der Waals surface area contributed by atoms with Crippen LogP contribution >= 0.6 is 11.3 Å². The number of aromatic nitrogens is 2. The second-order valence-electron chi connectivity index (χ2n) is 13.8. The minimum Gasteiger partial charge on any atom is -0.228 e. The number of fused-ring (bicyclic) bond motifs is 7. The zero-order valence-corrected chi connectivity index (χ0v) is 28.6. The fraction of sp³-hybridized carbons (Fsp3) is 0.0638. The molecular formula is C47H32N2S. The molecule has 1 aliphatic carbocycles. The molecule has 7 aromatic carbocycles. The van der Waals surface area contributed by atoms with Crippen LogP contribution in [0.1, 0.15) is 25.0 Å². The van der Waals surface area contributed by atoms with Crippen molar-refractivity contribution in [2.24, 2.45) is 0 Å². The minimum absolute atomic E-state index is 0.130. The lowest BCUT2D eigenvalue weighted by Crippen LogP contribution is -2.14. The highest BCUT2D eigenvalue weighted by atomic mass is 32.1. The molecule has 0 amide bonds. The van der Waals surface area contributed by atoms with Crippen LogP contribution in [-0.2, 0) is 5.41 Å². The first-order valence-corrected chi connectivity index (χ1v) is 18.0. The van der Waals surface area contributed by atoms with Crippen LogP contribution in [0.4, 0.5) is 0 Å². The third-order valence-corrected chi connectivity index (χ3v) is 11.6. The van der Waals surface area contributed by atoms with E-state index in [9.17, 15) is 0 Å². The number of rotatable bonds is 4. The maximum absolute atomic E-state index is 5.27. The second-order valence-corrected chi connectivity index (χ2v) is 14.9. The molecular weight excluding hydrogens is 625 g/mol. The van der Waals surface area contributed by atoms with Gasteiger partial charge in [-0.05, 0) is 74.5 Å². The van der Waals surface area contributed by atoms with Gasteiger partial charge in [0, 0.05) is 42.3 Å².